The van der Waals surface area contributed by atoms with E-state index in [1.165, 1.54) is 19.3 Å². The molecule has 1 aliphatic rings. The maximum absolute atomic E-state index is 5.40. The standard InChI is InChI=1S/C10H18N4O/c1-7(8-3-2-4-8)12-10-14-13-9(15-10)5-6-11/h7-8H,2-6,11H2,1H3,(H,12,14). The molecule has 0 aliphatic heterocycles. The molecule has 2 rings (SSSR count). The predicted octanol–water partition coefficient (Wildman–Crippen LogP) is 1.17. The van der Waals surface area contributed by atoms with E-state index in [9.17, 15) is 0 Å². The highest BCUT2D eigenvalue weighted by molar-refractivity contribution is 5.19. The highest BCUT2D eigenvalue weighted by Gasteiger charge is 2.24. The van der Waals surface area contributed by atoms with Crippen molar-refractivity contribution in [3.8, 4) is 0 Å². The summed E-state index contributed by atoms with van der Waals surface area (Å²) in [7, 11) is 0. The molecule has 1 aromatic rings. The fraction of sp³-hybridized carbons (Fsp3) is 0.800. The van der Waals surface area contributed by atoms with Crippen LogP contribution in [-0.4, -0.2) is 22.8 Å². The van der Waals surface area contributed by atoms with Crippen molar-refractivity contribution in [1.29, 1.82) is 0 Å². The maximum Gasteiger partial charge on any atom is 0.315 e. The lowest BCUT2D eigenvalue weighted by atomic mass is 9.80. The third kappa shape index (κ3) is 2.47. The lowest BCUT2D eigenvalue weighted by Crippen LogP contribution is -2.30. The SMILES string of the molecule is CC(Nc1nnc(CCN)o1)C1CCC1. The van der Waals surface area contributed by atoms with Crippen LogP contribution in [0.1, 0.15) is 32.1 Å². The van der Waals surface area contributed by atoms with Crippen molar-refractivity contribution in [2.45, 2.75) is 38.6 Å². The molecule has 1 fully saturated rings. The second-order valence-corrected chi connectivity index (χ2v) is 4.16. The molecule has 1 aliphatic carbocycles. The van der Waals surface area contributed by atoms with Gasteiger partial charge >= 0.3 is 6.01 Å². The molecule has 3 N–H and O–H groups in total. The second-order valence-electron chi connectivity index (χ2n) is 4.16. The molecule has 0 saturated heterocycles. The van der Waals surface area contributed by atoms with Gasteiger partial charge in [0.25, 0.3) is 0 Å². The van der Waals surface area contributed by atoms with Gasteiger partial charge in [0.2, 0.25) is 5.89 Å². The summed E-state index contributed by atoms with van der Waals surface area (Å²) >= 11 is 0. The number of nitrogens with one attached hydrogen (secondary N) is 1. The van der Waals surface area contributed by atoms with E-state index in [1.807, 2.05) is 0 Å². The highest BCUT2D eigenvalue weighted by Crippen LogP contribution is 2.30. The fourth-order valence-electron chi connectivity index (χ4n) is 1.79. The fourth-order valence-corrected chi connectivity index (χ4v) is 1.79. The van der Waals surface area contributed by atoms with Gasteiger partial charge < -0.3 is 15.5 Å². The Kier molecular flexibility index (Phi) is 3.20. The minimum atomic E-state index is 0.421. The molecule has 1 unspecified atom stereocenters. The molecule has 15 heavy (non-hydrogen) atoms. The van der Waals surface area contributed by atoms with E-state index in [0.29, 0.717) is 30.9 Å². The van der Waals surface area contributed by atoms with E-state index >= 15 is 0 Å². The van der Waals surface area contributed by atoms with E-state index in [0.717, 1.165) is 5.92 Å². The molecular formula is C10H18N4O. The molecule has 0 radical (unpaired) electrons. The molecule has 0 spiro atoms. The maximum atomic E-state index is 5.40. The summed E-state index contributed by atoms with van der Waals surface area (Å²) in [6.45, 7) is 2.70. The molecule has 1 saturated carbocycles. The average molecular weight is 210 g/mol. The number of aromatic nitrogens is 2. The highest BCUT2D eigenvalue weighted by atomic mass is 16.4. The van der Waals surface area contributed by atoms with Gasteiger partial charge in [-0.25, -0.2) is 0 Å². The van der Waals surface area contributed by atoms with Crippen molar-refractivity contribution in [3.63, 3.8) is 0 Å². The van der Waals surface area contributed by atoms with Gasteiger partial charge in [-0.15, -0.1) is 5.10 Å². The average Bonchev–Trinajstić information content (AvgIpc) is 2.49. The Bertz CT molecular complexity index is 308. The van der Waals surface area contributed by atoms with Gasteiger partial charge in [0, 0.05) is 19.0 Å². The van der Waals surface area contributed by atoms with Crippen molar-refractivity contribution >= 4 is 6.01 Å². The Hall–Kier alpha value is -1.10. The molecule has 84 valence electrons. The van der Waals surface area contributed by atoms with Crippen molar-refractivity contribution in [2.75, 3.05) is 11.9 Å². The van der Waals surface area contributed by atoms with Crippen molar-refractivity contribution < 1.29 is 4.42 Å². The molecule has 0 amide bonds. The van der Waals surface area contributed by atoms with Gasteiger partial charge in [-0.2, -0.15) is 0 Å². The molecule has 0 aromatic carbocycles. The van der Waals surface area contributed by atoms with Crippen LogP contribution in [0.5, 0.6) is 0 Å². The van der Waals surface area contributed by atoms with Gasteiger partial charge in [0.15, 0.2) is 0 Å². The number of rotatable bonds is 5. The molecule has 5 heteroatoms. The first-order valence-electron chi connectivity index (χ1n) is 5.58. The first-order valence-corrected chi connectivity index (χ1v) is 5.58. The summed E-state index contributed by atoms with van der Waals surface area (Å²) in [6, 6.07) is 0.947. The van der Waals surface area contributed by atoms with Gasteiger partial charge in [0.05, 0.1) is 0 Å². The Morgan fingerprint density at radius 2 is 2.33 bits per heavy atom. The third-order valence-corrected chi connectivity index (χ3v) is 3.03. The Morgan fingerprint density at radius 1 is 1.53 bits per heavy atom. The van der Waals surface area contributed by atoms with Crippen LogP contribution in [0.3, 0.4) is 0 Å². The molecule has 0 bridgehead atoms. The Morgan fingerprint density at radius 3 is 2.93 bits per heavy atom. The van der Waals surface area contributed by atoms with E-state index in [-0.39, 0.29) is 0 Å². The largest absolute Gasteiger partial charge is 0.408 e. The van der Waals surface area contributed by atoms with Crippen LogP contribution in [0, 0.1) is 5.92 Å². The van der Waals surface area contributed by atoms with Crippen molar-refractivity contribution in [2.24, 2.45) is 11.7 Å². The van der Waals surface area contributed by atoms with E-state index in [2.05, 4.69) is 22.4 Å². The van der Waals surface area contributed by atoms with Crippen LogP contribution < -0.4 is 11.1 Å². The number of nitrogens with two attached hydrogens (primary N) is 1. The summed E-state index contributed by atoms with van der Waals surface area (Å²) in [5, 5.41) is 11.1. The Labute approximate surface area is 89.4 Å². The number of nitrogens with zero attached hydrogens (tertiary/aromatic N) is 2. The first-order chi connectivity index (χ1) is 7.29. The quantitative estimate of drug-likeness (QED) is 0.763. The van der Waals surface area contributed by atoms with E-state index in [1.54, 1.807) is 0 Å². The second kappa shape index (κ2) is 4.61. The monoisotopic (exact) mass is 210 g/mol. The predicted molar refractivity (Wildman–Crippen MR) is 57.5 cm³/mol. The summed E-state index contributed by atoms with van der Waals surface area (Å²) in [6.07, 6.45) is 4.60. The number of anilines is 1. The zero-order valence-electron chi connectivity index (χ0n) is 9.07. The van der Waals surface area contributed by atoms with Crippen LogP contribution in [0.25, 0.3) is 0 Å². The first kappa shape index (κ1) is 10.4. The van der Waals surface area contributed by atoms with E-state index < -0.39 is 0 Å². The normalized spacial score (nSPS) is 18.5. The number of hydrogen-bond acceptors (Lipinski definition) is 5. The topological polar surface area (TPSA) is 77.0 Å². The minimum absolute atomic E-state index is 0.421. The molecular weight excluding hydrogens is 192 g/mol. The molecule has 1 aromatic heterocycles. The third-order valence-electron chi connectivity index (χ3n) is 3.03. The van der Waals surface area contributed by atoms with Gasteiger partial charge in [0.1, 0.15) is 0 Å². The van der Waals surface area contributed by atoms with Crippen LogP contribution in [0.2, 0.25) is 0 Å². The van der Waals surface area contributed by atoms with Crippen LogP contribution in [0.4, 0.5) is 6.01 Å². The van der Waals surface area contributed by atoms with Crippen molar-refractivity contribution in [3.05, 3.63) is 5.89 Å². The summed E-state index contributed by atoms with van der Waals surface area (Å²) in [5.41, 5.74) is 5.40. The van der Waals surface area contributed by atoms with Gasteiger partial charge in [-0.05, 0) is 25.7 Å². The summed E-state index contributed by atoms with van der Waals surface area (Å²) in [5.74, 6) is 1.37. The molecule has 1 atom stereocenters. The smallest absolute Gasteiger partial charge is 0.315 e. The van der Waals surface area contributed by atoms with Crippen LogP contribution >= 0.6 is 0 Å². The summed E-state index contributed by atoms with van der Waals surface area (Å²) in [4.78, 5) is 0. The van der Waals surface area contributed by atoms with Crippen LogP contribution in [0.15, 0.2) is 4.42 Å². The van der Waals surface area contributed by atoms with Gasteiger partial charge in [-0.1, -0.05) is 11.5 Å². The Balaban J connectivity index is 1.86. The summed E-state index contributed by atoms with van der Waals surface area (Å²) < 4.78 is 5.40. The lowest BCUT2D eigenvalue weighted by Gasteiger charge is -2.31. The minimum Gasteiger partial charge on any atom is -0.408 e. The molecule has 5 nitrogen and oxygen atoms in total. The lowest BCUT2D eigenvalue weighted by molar-refractivity contribution is 0.282. The van der Waals surface area contributed by atoms with Crippen molar-refractivity contribution in [1.82, 2.24) is 10.2 Å². The zero-order chi connectivity index (χ0) is 10.7. The number of hydrogen-bond donors (Lipinski definition) is 2. The molecule has 1 heterocycles. The van der Waals surface area contributed by atoms with E-state index in [4.69, 9.17) is 10.2 Å². The van der Waals surface area contributed by atoms with Gasteiger partial charge in [-0.3, -0.25) is 0 Å². The van der Waals surface area contributed by atoms with Crippen LogP contribution in [-0.2, 0) is 6.42 Å². The zero-order valence-corrected chi connectivity index (χ0v) is 9.07.